The van der Waals surface area contributed by atoms with E-state index in [2.05, 4.69) is 15.0 Å². The summed E-state index contributed by atoms with van der Waals surface area (Å²) >= 11 is 5.71. The molecule has 2 rings (SSSR count). The minimum Gasteiger partial charge on any atom is -0.481 e. The normalized spacial score (nSPS) is 10.1. The number of halogens is 1. The summed E-state index contributed by atoms with van der Waals surface area (Å²) in [6.45, 7) is 0. The third-order valence-electron chi connectivity index (χ3n) is 2.18. The maximum absolute atomic E-state index is 11.0. The summed E-state index contributed by atoms with van der Waals surface area (Å²) in [5.74, 6) is 0.330. The smallest absolute Gasteiger partial charge is 0.332 e. The monoisotopic (exact) mass is 266 g/mol. The van der Waals surface area contributed by atoms with E-state index in [4.69, 9.17) is 16.3 Å². The van der Waals surface area contributed by atoms with Gasteiger partial charge < -0.3 is 4.74 Å². The highest BCUT2D eigenvalue weighted by atomic mass is 35.5. The van der Waals surface area contributed by atoms with Crippen molar-refractivity contribution in [1.82, 2.24) is 15.0 Å². The molecule has 0 spiro atoms. The van der Waals surface area contributed by atoms with Gasteiger partial charge in [0.2, 0.25) is 11.0 Å². The molecule has 2 aromatic rings. The molecule has 0 saturated carbocycles. The average molecular weight is 267 g/mol. The number of pyridine rings is 1. The second kappa shape index (κ2) is 4.92. The molecule has 8 heteroatoms. The molecule has 7 nitrogen and oxygen atoms in total. The first-order valence-corrected chi connectivity index (χ1v) is 5.16. The van der Waals surface area contributed by atoms with Crippen molar-refractivity contribution >= 4 is 17.3 Å². The number of hydrogen-bond acceptors (Lipinski definition) is 6. The zero-order valence-corrected chi connectivity index (χ0v) is 9.96. The van der Waals surface area contributed by atoms with E-state index in [-0.39, 0.29) is 16.5 Å². The number of methoxy groups -OCH3 is 1. The highest BCUT2D eigenvalue weighted by Gasteiger charge is 2.22. The molecular weight excluding hydrogens is 260 g/mol. The Morgan fingerprint density at radius 3 is 2.83 bits per heavy atom. The Hall–Kier alpha value is -2.28. The molecule has 0 radical (unpaired) electrons. The number of hydrogen-bond donors (Lipinski definition) is 0. The predicted octanol–water partition coefficient (Wildman–Crippen LogP) is 2.11. The maximum atomic E-state index is 11.0. The molecule has 18 heavy (non-hydrogen) atoms. The lowest BCUT2D eigenvalue weighted by Crippen LogP contribution is -1.98. The fraction of sp³-hybridized carbons (Fsp3) is 0.100. The number of rotatable bonds is 3. The van der Waals surface area contributed by atoms with Crippen molar-refractivity contribution in [3.63, 3.8) is 0 Å². The van der Waals surface area contributed by atoms with Crippen molar-refractivity contribution in [2.24, 2.45) is 0 Å². The van der Waals surface area contributed by atoms with Gasteiger partial charge in [-0.1, -0.05) is 11.6 Å². The molecule has 2 aromatic heterocycles. The molecule has 0 atom stereocenters. The molecular formula is C10H7ClN4O3. The molecule has 0 saturated heterocycles. The van der Waals surface area contributed by atoms with Crippen LogP contribution in [-0.4, -0.2) is 27.0 Å². The summed E-state index contributed by atoms with van der Waals surface area (Å²) in [5, 5.41) is 10.8. The quantitative estimate of drug-likeness (QED) is 0.480. The largest absolute Gasteiger partial charge is 0.481 e. The topological polar surface area (TPSA) is 91.0 Å². The van der Waals surface area contributed by atoms with Gasteiger partial charge in [0.1, 0.15) is 6.33 Å². The first-order chi connectivity index (χ1) is 8.63. The van der Waals surface area contributed by atoms with E-state index in [9.17, 15) is 10.1 Å². The molecule has 92 valence electrons. The molecule has 0 aliphatic rings. The van der Waals surface area contributed by atoms with Gasteiger partial charge in [-0.2, -0.15) is 0 Å². The van der Waals surface area contributed by atoms with Crippen molar-refractivity contribution in [2.75, 3.05) is 7.11 Å². The van der Waals surface area contributed by atoms with E-state index in [1.165, 1.54) is 19.4 Å². The molecule has 0 unspecified atom stereocenters. The lowest BCUT2D eigenvalue weighted by Gasteiger charge is -2.04. The number of nitrogens with zero attached hydrogens (tertiary/aromatic N) is 4. The number of aromatic nitrogens is 3. The summed E-state index contributed by atoms with van der Waals surface area (Å²) in [4.78, 5) is 21.7. The van der Waals surface area contributed by atoms with Crippen LogP contribution in [0.1, 0.15) is 0 Å². The van der Waals surface area contributed by atoms with Gasteiger partial charge in [0.15, 0.2) is 5.69 Å². The van der Waals surface area contributed by atoms with E-state index in [0.29, 0.717) is 11.4 Å². The maximum Gasteiger partial charge on any atom is 0.332 e. The molecule has 2 heterocycles. The third-order valence-corrected chi connectivity index (χ3v) is 2.45. The van der Waals surface area contributed by atoms with Crippen LogP contribution in [0.25, 0.3) is 11.3 Å². The van der Waals surface area contributed by atoms with Crippen LogP contribution in [-0.2, 0) is 0 Å². The second-order valence-electron chi connectivity index (χ2n) is 3.21. The minimum atomic E-state index is -0.620. The molecule has 0 fully saturated rings. The first-order valence-electron chi connectivity index (χ1n) is 4.78. The zero-order chi connectivity index (χ0) is 13.1. The zero-order valence-electron chi connectivity index (χ0n) is 9.20. The molecule has 0 amide bonds. The van der Waals surface area contributed by atoms with E-state index in [1.54, 1.807) is 6.07 Å². The molecule has 0 aliphatic heterocycles. The Kier molecular flexibility index (Phi) is 3.33. The fourth-order valence-corrected chi connectivity index (χ4v) is 1.60. The summed E-state index contributed by atoms with van der Waals surface area (Å²) in [5.41, 5.74) is 0.269. The Morgan fingerprint density at radius 1 is 1.39 bits per heavy atom. The molecule has 0 N–H and O–H groups in total. The van der Waals surface area contributed by atoms with E-state index in [1.807, 2.05) is 0 Å². The summed E-state index contributed by atoms with van der Waals surface area (Å²) in [6.07, 6.45) is 2.63. The SMILES string of the molecule is COc1cc(-c2ncnc(Cl)c2[N+](=O)[O-])ccn1. The average Bonchev–Trinajstić information content (AvgIpc) is 2.38. The Morgan fingerprint density at radius 2 is 2.17 bits per heavy atom. The van der Waals surface area contributed by atoms with Crippen LogP contribution >= 0.6 is 11.6 Å². The second-order valence-corrected chi connectivity index (χ2v) is 3.56. The van der Waals surface area contributed by atoms with Crippen LogP contribution in [0.2, 0.25) is 5.15 Å². The van der Waals surface area contributed by atoms with Crippen molar-refractivity contribution < 1.29 is 9.66 Å². The first kappa shape index (κ1) is 12.2. The van der Waals surface area contributed by atoms with Crippen molar-refractivity contribution in [1.29, 1.82) is 0 Å². The number of nitro groups is 1. The summed E-state index contributed by atoms with van der Waals surface area (Å²) < 4.78 is 4.95. The van der Waals surface area contributed by atoms with Gasteiger partial charge in [-0.15, -0.1) is 0 Å². The Bertz CT molecular complexity index is 605. The van der Waals surface area contributed by atoms with Crippen molar-refractivity contribution in [3.8, 4) is 17.1 Å². The third kappa shape index (κ3) is 2.21. The van der Waals surface area contributed by atoms with Gasteiger partial charge in [-0.3, -0.25) is 10.1 Å². The van der Waals surface area contributed by atoms with Crippen LogP contribution in [0.15, 0.2) is 24.7 Å². The Labute approximate surface area is 107 Å². The number of ether oxygens (including phenoxy) is 1. The van der Waals surface area contributed by atoms with Crippen molar-refractivity contribution in [3.05, 3.63) is 39.9 Å². The van der Waals surface area contributed by atoms with Crippen LogP contribution in [0.5, 0.6) is 5.88 Å². The van der Waals surface area contributed by atoms with Crippen LogP contribution in [0.4, 0.5) is 5.69 Å². The van der Waals surface area contributed by atoms with Gasteiger partial charge in [-0.25, -0.2) is 15.0 Å². The van der Waals surface area contributed by atoms with Gasteiger partial charge in [0.25, 0.3) is 0 Å². The lowest BCUT2D eigenvalue weighted by molar-refractivity contribution is -0.384. The van der Waals surface area contributed by atoms with Gasteiger partial charge >= 0.3 is 5.69 Å². The molecule has 0 aliphatic carbocycles. The molecule has 0 bridgehead atoms. The minimum absolute atomic E-state index is 0.126. The highest BCUT2D eigenvalue weighted by molar-refractivity contribution is 6.31. The van der Waals surface area contributed by atoms with Crippen LogP contribution in [0, 0.1) is 10.1 Å². The standard InChI is InChI=1S/C10H7ClN4O3/c1-18-7-4-6(2-3-12-7)8-9(15(16)17)10(11)14-5-13-8/h2-5H,1H3. The fourth-order valence-electron chi connectivity index (χ4n) is 1.40. The Balaban J connectivity index is 2.63. The molecule has 0 aromatic carbocycles. The van der Waals surface area contributed by atoms with E-state index < -0.39 is 4.92 Å². The van der Waals surface area contributed by atoms with Gasteiger partial charge in [0, 0.05) is 17.8 Å². The van der Waals surface area contributed by atoms with Gasteiger partial charge in [-0.05, 0) is 6.07 Å². The van der Waals surface area contributed by atoms with E-state index >= 15 is 0 Å². The highest BCUT2D eigenvalue weighted by Crippen LogP contribution is 2.32. The van der Waals surface area contributed by atoms with Crippen molar-refractivity contribution in [2.45, 2.75) is 0 Å². The lowest BCUT2D eigenvalue weighted by atomic mass is 10.1. The van der Waals surface area contributed by atoms with Crippen LogP contribution < -0.4 is 4.74 Å². The van der Waals surface area contributed by atoms with E-state index in [0.717, 1.165) is 6.33 Å². The predicted molar refractivity (Wildman–Crippen MR) is 63.5 cm³/mol. The van der Waals surface area contributed by atoms with Crippen LogP contribution in [0.3, 0.4) is 0 Å². The summed E-state index contributed by atoms with van der Waals surface area (Å²) in [6, 6.07) is 3.11. The van der Waals surface area contributed by atoms with Gasteiger partial charge in [0.05, 0.1) is 12.0 Å². The summed E-state index contributed by atoms with van der Waals surface area (Å²) in [7, 11) is 1.45.